The summed E-state index contributed by atoms with van der Waals surface area (Å²) in [5, 5.41) is 14.0. The molecule has 2 heterocycles. The van der Waals surface area contributed by atoms with Crippen LogP contribution in [0, 0.1) is 0 Å². The minimum absolute atomic E-state index is 0.0252. The lowest BCUT2D eigenvalue weighted by Gasteiger charge is -2.21. The minimum Gasteiger partial charge on any atom is -0.488 e. The van der Waals surface area contributed by atoms with Gasteiger partial charge in [-0.15, -0.1) is 0 Å². The second-order valence-electron chi connectivity index (χ2n) is 8.85. The molecule has 0 saturated heterocycles. The third-order valence-electron chi connectivity index (χ3n) is 5.17. The second-order valence-corrected chi connectivity index (χ2v) is 8.85. The molecule has 4 rings (SSSR count). The fraction of sp³-hybridized carbons (Fsp3) is 0.192. The zero-order chi connectivity index (χ0) is 24.3. The number of carboxylic acid groups (broad SMARTS) is 1. The Labute approximate surface area is 197 Å². The Morgan fingerprint density at radius 3 is 2.59 bits per heavy atom. The van der Waals surface area contributed by atoms with Gasteiger partial charge in [0.25, 0.3) is 5.91 Å². The number of anilines is 2. The number of carbonyl (C=O) groups is 2. The number of pyridine rings is 1. The number of aromatic nitrogens is 1. The quantitative estimate of drug-likeness (QED) is 0.453. The monoisotopic (exact) mass is 459 g/mol. The lowest BCUT2D eigenvalue weighted by Crippen LogP contribution is -2.21. The summed E-state index contributed by atoms with van der Waals surface area (Å²) in [6, 6.07) is 16.2. The Morgan fingerprint density at radius 2 is 1.82 bits per heavy atom. The number of hydrogen-bond acceptors (Lipinski definition) is 5. The number of nitrogens with one attached hydrogen (secondary N) is 2. The Morgan fingerprint density at radius 1 is 1.03 bits per heavy atom. The van der Waals surface area contributed by atoms with Crippen molar-refractivity contribution in [2.45, 2.75) is 26.2 Å². The summed E-state index contributed by atoms with van der Waals surface area (Å²) >= 11 is 0. The third kappa shape index (κ3) is 5.53. The van der Waals surface area contributed by atoms with Crippen LogP contribution in [0.1, 0.15) is 31.9 Å². The summed E-state index contributed by atoms with van der Waals surface area (Å²) in [6.45, 7) is 6.53. The molecule has 1 aliphatic heterocycles. The van der Waals surface area contributed by atoms with E-state index in [0.717, 1.165) is 11.3 Å². The van der Waals surface area contributed by atoms with Gasteiger partial charge in [0, 0.05) is 23.5 Å². The molecule has 0 fully saturated rings. The molecule has 3 aromatic rings. The smallest absolute Gasteiger partial charge is 0.410 e. The molecule has 2 amide bonds. The summed E-state index contributed by atoms with van der Waals surface area (Å²) in [6.07, 6.45) is 2.01. The van der Waals surface area contributed by atoms with E-state index in [1.165, 1.54) is 12.3 Å². The summed E-state index contributed by atoms with van der Waals surface area (Å²) in [7, 11) is 0. The summed E-state index contributed by atoms with van der Waals surface area (Å²) in [5.74, 6) is 1.48. The molecule has 1 aromatic heterocycles. The Kier molecular flexibility index (Phi) is 6.23. The zero-order valence-corrected chi connectivity index (χ0v) is 19.1. The van der Waals surface area contributed by atoms with Crippen molar-refractivity contribution in [1.29, 1.82) is 0 Å². The fourth-order valence-corrected chi connectivity index (χ4v) is 3.41. The molecular formula is C26H25N3O5. The number of fused-ring (bicyclic) bond motifs is 1. The van der Waals surface area contributed by atoms with E-state index in [-0.39, 0.29) is 23.7 Å². The largest absolute Gasteiger partial charge is 0.488 e. The minimum atomic E-state index is -1.21. The van der Waals surface area contributed by atoms with Crippen LogP contribution in [0.15, 0.2) is 66.4 Å². The lowest BCUT2D eigenvalue weighted by atomic mass is 9.87. The molecule has 0 radical (unpaired) electrons. The molecule has 0 bridgehead atoms. The van der Waals surface area contributed by atoms with Gasteiger partial charge in [0.1, 0.15) is 29.7 Å². The first-order chi connectivity index (χ1) is 16.2. The number of benzene rings is 2. The van der Waals surface area contributed by atoms with E-state index in [4.69, 9.17) is 14.6 Å². The van der Waals surface area contributed by atoms with Crippen LogP contribution in [-0.4, -0.2) is 28.7 Å². The number of amides is 2. The summed E-state index contributed by atoms with van der Waals surface area (Å²) in [5.41, 5.74) is 3.02. The zero-order valence-electron chi connectivity index (χ0n) is 19.1. The maximum absolute atomic E-state index is 12.9. The van der Waals surface area contributed by atoms with Crippen molar-refractivity contribution in [2.75, 3.05) is 17.2 Å². The molecule has 3 N–H and O–H groups in total. The van der Waals surface area contributed by atoms with Crippen molar-refractivity contribution in [2.24, 2.45) is 0 Å². The molecule has 8 nitrogen and oxygen atoms in total. The number of rotatable bonds is 5. The van der Waals surface area contributed by atoms with E-state index in [1.807, 2.05) is 24.3 Å². The highest BCUT2D eigenvalue weighted by Gasteiger charge is 2.19. The van der Waals surface area contributed by atoms with Gasteiger partial charge >= 0.3 is 6.09 Å². The molecule has 0 saturated carbocycles. The first-order valence-electron chi connectivity index (χ1n) is 10.7. The third-order valence-corrected chi connectivity index (χ3v) is 5.17. The van der Waals surface area contributed by atoms with Gasteiger partial charge in [-0.3, -0.25) is 10.1 Å². The van der Waals surface area contributed by atoms with Crippen LogP contribution >= 0.6 is 0 Å². The molecule has 0 aliphatic carbocycles. The van der Waals surface area contributed by atoms with Gasteiger partial charge in [0.05, 0.1) is 5.57 Å². The average Bonchev–Trinajstić information content (AvgIpc) is 2.78. The summed E-state index contributed by atoms with van der Waals surface area (Å²) < 4.78 is 11.6. The molecule has 2 aromatic carbocycles. The van der Waals surface area contributed by atoms with Gasteiger partial charge in [-0.1, -0.05) is 32.9 Å². The van der Waals surface area contributed by atoms with Crippen LogP contribution in [0.5, 0.6) is 17.2 Å². The normalized spacial score (nSPS) is 12.6. The molecule has 0 atom stereocenters. The number of hydrogen-bond donors (Lipinski definition) is 3. The molecule has 34 heavy (non-hydrogen) atoms. The molecule has 174 valence electrons. The maximum Gasteiger partial charge on any atom is 0.410 e. The molecule has 0 spiro atoms. The van der Waals surface area contributed by atoms with Gasteiger partial charge in [-0.2, -0.15) is 0 Å². The van der Waals surface area contributed by atoms with E-state index in [0.29, 0.717) is 28.4 Å². The van der Waals surface area contributed by atoms with E-state index >= 15 is 0 Å². The predicted octanol–water partition coefficient (Wildman–Crippen LogP) is 5.68. The topological polar surface area (TPSA) is 110 Å². The maximum atomic E-state index is 12.9. The van der Waals surface area contributed by atoms with Crippen LogP contribution in [0.3, 0.4) is 0 Å². The van der Waals surface area contributed by atoms with Gasteiger partial charge in [0.2, 0.25) is 0 Å². The van der Waals surface area contributed by atoms with Crippen LogP contribution in [0.2, 0.25) is 0 Å². The van der Waals surface area contributed by atoms with Gasteiger partial charge in [-0.05, 0) is 53.5 Å². The predicted molar refractivity (Wildman–Crippen MR) is 130 cm³/mol. The van der Waals surface area contributed by atoms with Crippen LogP contribution < -0.4 is 20.1 Å². The van der Waals surface area contributed by atoms with Gasteiger partial charge in [-0.25, -0.2) is 9.78 Å². The average molecular weight is 460 g/mol. The van der Waals surface area contributed by atoms with E-state index < -0.39 is 6.09 Å². The van der Waals surface area contributed by atoms with Gasteiger partial charge < -0.3 is 19.9 Å². The number of ether oxygens (including phenoxy) is 2. The van der Waals surface area contributed by atoms with Crippen molar-refractivity contribution in [3.8, 4) is 17.2 Å². The molecule has 1 aliphatic rings. The van der Waals surface area contributed by atoms with Crippen molar-refractivity contribution < 1.29 is 24.2 Å². The van der Waals surface area contributed by atoms with Crippen molar-refractivity contribution in [3.05, 3.63) is 77.5 Å². The highest BCUT2D eigenvalue weighted by Crippen LogP contribution is 2.33. The van der Waals surface area contributed by atoms with E-state index in [1.54, 1.807) is 30.3 Å². The van der Waals surface area contributed by atoms with Crippen molar-refractivity contribution in [1.82, 2.24) is 4.98 Å². The number of carbonyl (C=O) groups excluding carboxylic acids is 1. The van der Waals surface area contributed by atoms with Crippen LogP contribution in [-0.2, 0) is 10.2 Å². The Balaban J connectivity index is 1.51. The molecular weight excluding hydrogens is 434 g/mol. The SMILES string of the molecule is CC(C)(C)c1cccc(NC(=O)C2=Cc3cc(Oc4ccnc(NC(=O)O)c4)ccc3OC2)c1. The number of nitrogens with zero attached hydrogens (tertiary/aromatic N) is 1. The molecule has 0 unspecified atom stereocenters. The second kappa shape index (κ2) is 9.27. The van der Waals surface area contributed by atoms with Crippen molar-refractivity contribution in [3.63, 3.8) is 0 Å². The van der Waals surface area contributed by atoms with Gasteiger partial charge in [0.15, 0.2) is 0 Å². The summed E-state index contributed by atoms with van der Waals surface area (Å²) in [4.78, 5) is 27.6. The van der Waals surface area contributed by atoms with E-state index in [2.05, 4.69) is 36.4 Å². The lowest BCUT2D eigenvalue weighted by molar-refractivity contribution is -0.113. The highest BCUT2D eigenvalue weighted by atomic mass is 16.5. The molecule has 8 heteroatoms. The standard InChI is InChI=1S/C26H25N3O5/c1-26(2,3)18-5-4-6-19(13-18)28-24(30)17-11-16-12-20(7-8-22(16)33-15-17)34-21-9-10-27-23(14-21)29-25(31)32/h4-14H,15H2,1-3H3,(H,27,29)(H,28,30)(H,31,32). The van der Waals surface area contributed by atoms with E-state index in [9.17, 15) is 9.59 Å². The van der Waals surface area contributed by atoms with Crippen LogP contribution in [0.25, 0.3) is 6.08 Å². The first kappa shape index (κ1) is 22.8. The Hall–Kier alpha value is -4.33. The van der Waals surface area contributed by atoms with Crippen LogP contribution in [0.4, 0.5) is 16.3 Å². The fourth-order valence-electron chi connectivity index (χ4n) is 3.41. The first-order valence-corrected chi connectivity index (χ1v) is 10.7. The Bertz CT molecular complexity index is 1280. The van der Waals surface area contributed by atoms with Crippen molar-refractivity contribution >= 4 is 29.6 Å². The highest BCUT2D eigenvalue weighted by molar-refractivity contribution is 6.07.